The zero-order valence-electron chi connectivity index (χ0n) is 15.8. The normalized spacial score (nSPS) is 18.7. The number of aliphatic hydroxyl groups excluding tert-OH is 1. The van der Waals surface area contributed by atoms with E-state index in [2.05, 4.69) is 25.3 Å². The third-order valence-electron chi connectivity index (χ3n) is 5.15. The Morgan fingerprint density at radius 1 is 1.17 bits per heavy atom. The fourth-order valence-electron chi connectivity index (χ4n) is 3.27. The van der Waals surface area contributed by atoms with Gasteiger partial charge in [-0.25, -0.2) is 19.9 Å². The SMILES string of the molecule is [O-][S@+]1CCc2nc(-c3ccc(Oc4ncc(Cl)cn4)cc3)nc(NC3(CO)CC3)c21. The summed E-state index contributed by atoms with van der Waals surface area (Å²) in [6.07, 6.45) is 5.31. The van der Waals surface area contributed by atoms with Crippen molar-refractivity contribution in [3.63, 3.8) is 0 Å². The maximum atomic E-state index is 12.5. The smallest absolute Gasteiger partial charge is 0.321 e. The van der Waals surface area contributed by atoms with Crippen LogP contribution in [-0.2, 0) is 17.6 Å². The number of nitrogens with one attached hydrogen (secondary N) is 1. The summed E-state index contributed by atoms with van der Waals surface area (Å²) in [5.74, 6) is 2.21. The number of aromatic nitrogens is 4. The molecule has 3 heterocycles. The molecule has 0 unspecified atom stereocenters. The minimum atomic E-state index is -1.12. The first-order chi connectivity index (χ1) is 14.5. The summed E-state index contributed by atoms with van der Waals surface area (Å²) in [5, 5.41) is 13.4. The van der Waals surface area contributed by atoms with E-state index in [9.17, 15) is 9.66 Å². The second kappa shape index (κ2) is 7.66. The van der Waals surface area contributed by atoms with E-state index in [4.69, 9.17) is 16.3 Å². The lowest BCUT2D eigenvalue weighted by Crippen LogP contribution is -2.27. The molecule has 3 aromatic rings. The van der Waals surface area contributed by atoms with E-state index in [0.717, 1.165) is 24.1 Å². The largest absolute Gasteiger partial charge is 0.611 e. The van der Waals surface area contributed by atoms with Gasteiger partial charge in [0.1, 0.15) is 17.2 Å². The van der Waals surface area contributed by atoms with Gasteiger partial charge in [0.2, 0.25) is 4.90 Å². The van der Waals surface area contributed by atoms with Crippen LogP contribution < -0.4 is 10.1 Å². The van der Waals surface area contributed by atoms with Crippen molar-refractivity contribution in [3.05, 3.63) is 47.4 Å². The number of rotatable bonds is 6. The van der Waals surface area contributed by atoms with Crippen molar-refractivity contribution in [1.82, 2.24) is 19.9 Å². The third kappa shape index (κ3) is 3.81. The number of aliphatic hydroxyl groups is 1. The third-order valence-corrected chi connectivity index (χ3v) is 6.80. The molecule has 154 valence electrons. The molecule has 1 aliphatic heterocycles. The first-order valence-electron chi connectivity index (χ1n) is 9.49. The van der Waals surface area contributed by atoms with Gasteiger partial charge in [0.15, 0.2) is 11.6 Å². The molecule has 10 heteroatoms. The van der Waals surface area contributed by atoms with Crippen molar-refractivity contribution in [3.8, 4) is 23.1 Å². The van der Waals surface area contributed by atoms with Gasteiger partial charge in [-0.15, -0.1) is 0 Å². The Bertz CT molecular complexity index is 1080. The number of benzene rings is 1. The molecule has 0 spiro atoms. The van der Waals surface area contributed by atoms with Gasteiger partial charge in [-0.2, -0.15) is 0 Å². The highest BCUT2D eigenvalue weighted by atomic mass is 35.5. The lowest BCUT2D eigenvalue weighted by atomic mass is 10.2. The fraction of sp³-hybridized carbons (Fsp3) is 0.300. The van der Waals surface area contributed by atoms with Crippen LogP contribution in [0.4, 0.5) is 5.82 Å². The molecule has 8 nitrogen and oxygen atoms in total. The van der Waals surface area contributed by atoms with Crippen LogP contribution in [0.15, 0.2) is 41.6 Å². The number of ether oxygens (including phenoxy) is 1. The summed E-state index contributed by atoms with van der Waals surface area (Å²) < 4.78 is 18.1. The summed E-state index contributed by atoms with van der Waals surface area (Å²) in [7, 11) is 0. The lowest BCUT2D eigenvalue weighted by molar-refractivity contribution is 0.265. The van der Waals surface area contributed by atoms with E-state index >= 15 is 0 Å². The van der Waals surface area contributed by atoms with Gasteiger partial charge in [-0.3, -0.25) is 0 Å². The predicted molar refractivity (Wildman–Crippen MR) is 112 cm³/mol. The zero-order valence-corrected chi connectivity index (χ0v) is 17.4. The fourth-order valence-corrected chi connectivity index (χ4v) is 4.67. The van der Waals surface area contributed by atoms with Gasteiger partial charge in [-0.05, 0) is 48.3 Å². The highest BCUT2D eigenvalue weighted by Crippen LogP contribution is 2.41. The zero-order chi connectivity index (χ0) is 20.7. The lowest BCUT2D eigenvalue weighted by Gasteiger charge is -2.18. The topological polar surface area (TPSA) is 116 Å². The molecule has 2 N–H and O–H groups in total. The number of hydrogen-bond donors (Lipinski definition) is 2. The van der Waals surface area contributed by atoms with E-state index in [1.54, 1.807) is 12.1 Å². The van der Waals surface area contributed by atoms with E-state index < -0.39 is 11.2 Å². The van der Waals surface area contributed by atoms with Gasteiger partial charge in [-0.1, -0.05) is 11.6 Å². The van der Waals surface area contributed by atoms with Crippen LogP contribution in [0.3, 0.4) is 0 Å². The van der Waals surface area contributed by atoms with Crippen LogP contribution in [0.2, 0.25) is 5.02 Å². The Balaban J connectivity index is 1.43. The summed E-state index contributed by atoms with van der Waals surface area (Å²) >= 11 is 4.66. The van der Waals surface area contributed by atoms with E-state index in [0.29, 0.717) is 39.5 Å². The Labute approximate surface area is 180 Å². The van der Waals surface area contributed by atoms with Crippen molar-refractivity contribution >= 4 is 28.6 Å². The summed E-state index contributed by atoms with van der Waals surface area (Å²) in [5.41, 5.74) is 1.24. The van der Waals surface area contributed by atoms with E-state index in [-0.39, 0.29) is 18.2 Å². The van der Waals surface area contributed by atoms with Crippen LogP contribution in [0, 0.1) is 0 Å². The van der Waals surface area contributed by atoms with Crippen molar-refractivity contribution in [2.45, 2.75) is 29.7 Å². The number of nitrogens with zero attached hydrogens (tertiary/aromatic N) is 4. The average Bonchev–Trinajstić information content (AvgIpc) is 3.44. The number of anilines is 1. The summed E-state index contributed by atoms with van der Waals surface area (Å²) in [6, 6.07) is 7.47. The quantitative estimate of drug-likeness (QED) is 0.558. The predicted octanol–water partition coefficient (Wildman–Crippen LogP) is 2.98. The van der Waals surface area contributed by atoms with Crippen molar-refractivity contribution in [1.29, 1.82) is 0 Å². The monoisotopic (exact) mass is 443 g/mol. The van der Waals surface area contributed by atoms with Gasteiger partial charge < -0.3 is 19.7 Å². The molecule has 1 aliphatic carbocycles. The van der Waals surface area contributed by atoms with Crippen LogP contribution in [-0.4, -0.2) is 47.5 Å². The summed E-state index contributed by atoms with van der Waals surface area (Å²) in [4.78, 5) is 18.0. The Morgan fingerprint density at radius 2 is 1.90 bits per heavy atom. The Kier molecular flexibility index (Phi) is 4.98. The summed E-state index contributed by atoms with van der Waals surface area (Å²) in [6.45, 7) is 0.0204. The first kappa shape index (κ1) is 19.5. The molecule has 0 bridgehead atoms. The van der Waals surface area contributed by atoms with Gasteiger partial charge in [0.25, 0.3) is 0 Å². The van der Waals surface area contributed by atoms with E-state index in [1.807, 2.05) is 12.1 Å². The van der Waals surface area contributed by atoms with Crippen LogP contribution in [0.1, 0.15) is 18.5 Å². The molecule has 1 atom stereocenters. The molecule has 1 saturated carbocycles. The van der Waals surface area contributed by atoms with Crippen molar-refractivity contribution in [2.75, 3.05) is 17.7 Å². The highest BCUT2D eigenvalue weighted by Gasteiger charge is 2.44. The molecule has 30 heavy (non-hydrogen) atoms. The first-order valence-corrected chi connectivity index (χ1v) is 11.2. The van der Waals surface area contributed by atoms with Gasteiger partial charge in [0, 0.05) is 12.0 Å². The minimum Gasteiger partial charge on any atom is -0.611 e. The van der Waals surface area contributed by atoms with Gasteiger partial charge >= 0.3 is 6.01 Å². The molecular formula is C20H18ClN5O3S. The molecule has 1 fully saturated rings. The number of halogens is 1. The van der Waals surface area contributed by atoms with Crippen LogP contribution in [0.25, 0.3) is 11.4 Å². The molecule has 0 radical (unpaired) electrons. The van der Waals surface area contributed by atoms with Crippen LogP contribution in [0.5, 0.6) is 11.8 Å². The standard InChI is InChI=1S/C20H18ClN5O3S/c21-13-9-22-19(23-10-13)29-14-3-1-12(2-4-14)17-24-15-5-8-30(28)16(15)18(25-17)26-20(11-27)6-7-20/h1-4,9-10,27H,5-8,11H2,(H,24,25,26)/t30-/m1/s1. The molecular weight excluding hydrogens is 426 g/mol. The highest BCUT2D eigenvalue weighted by molar-refractivity contribution is 7.91. The molecule has 0 saturated heterocycles. The number of aryl methyl sites for hydroxylation is 1. The molecule has 2 aromatic heterocycles. The molecule has 2 aliphatic rings. The minimum absolute atomic E-state index is 0.0204. The molecule has 5 rings (SSSR count). The molecule has 1 aromatic carbocycles. The van der Waals surface area contributed by atoms with Gasteiger partial charge in [0.05, 0.1) is 29.6 Å². The Morgan fingerprint density at radius 3 is 2.57 bits per heavy atom. The maximum absolute atomic E-state index is 12.5. The number of hydrogen-bond acceptors (Lipinski definition) is 8. The van der Waals surface area contributed by atoms with Crippen molar-refractivity contribution in [2.24, 2.45) is 0 Å². The Hall–Kier alpha value is -2.46. The second-order valence-corrected chi connectivity index (χ2v) is 9.29. The van der Waals surface area contributed by atoms with Crippen molar-refractivity contribution < 1.29 is 14.4 Å². The molecule has 0 amide bonds. The second-order valence-electron chi connectivity index (χ2n) is 7.35. The maximum Gasteiger partial charge on any atom is 0.321 e. The average molecular weight is 444 g/mol. The van der Waals surface area contributed by atoms with Crippen LogP contribution >= 0.6 is 11.6 Å². The number of fused-ring (bicyclic) bond motifs is 1. The van der Waals surface area contributed by atoms with E-state index in [1.165, 1.54) is 12.4 Å².